The fourth-order valence-electron chi connectivity index (χ4n) is 5.13. The Morgan fingerprint density at radius 3 is 2.41 bits per heavy atom. The number of fused-ring (bicyclic) bond motifs is 1. The molecule has 4 rings (SSSR count). The smallest absolute Gasteiger partial charge is 0.148 e. The van der Waals surface area contributed by atoms with Gasteiger partial charge in [0.15, 0.2) is 0 Å². The maximum absolute atomic E-state index is 11.6. The predicted octanol–water partition coefficient (Wildman–Crippen LogP) is 2.49. The standard InChI is InChI=1S/C23H31N3O2S/c1-29(27,28)14-13-25-16-22-17-26(15-21-8-11-24-12-9-21)19-23(22,18-25)10-7-20-5-3-2-4-6-20/h2-6,8-9,11-12,22H,7,10,13-19H2,1H3. The monoisotopic (exact) mass is 413 g/mol. The number of rotatable bonds is 8. The fourth-order valence-corrected chi connectivity index (χ4v) is 5.72. The molecular formula is C23H31N3O2S. The summed E-state index contributed by atoms with van der Waals surface area (Å²) in [5.74, 6) is 0.863. The van der Waals surface area contributed by atoms with Gasteiger partial charge in [-0.3, -0.25) is 9.88 Å². The van der Waals surface area contributed by atoms with Gasteiger partial charge in [0.05, 0.1) is 5.75 Å². The summed E-state index contributed by atoms with van der Waals surface area (Å²) in [4.78, 5) is 9.10. The molecule has 3 heterocycles. The summed E-state index contributed by atoms with van der Waals surface area (Å²) in [5.41, 5.74) is 2.95. The van der Waals surface area contributed by atoms with Crippen LogP contribution in [0.5, 0.6) is 0 Å². The number of nitrogens with zero attached hydrogens (tertiary/aromatic N) is 3. The molecule has 2 aliphatic heterocycles. The Bertz CT molecular complexity index is 904. The van der Waals surface area contributed by atoms with Gasteiger partial charge in [-0.1, -0.05) is 30.3 Å². The lowest BCUT2D eigenvalue weighted by Crippen LogP contribution is -2.36. The van der Waals surface area contributed by atoms with Gasteiger partial charge in [0, 0.05) is 63.3 Å². The Morgan fingerprint density at radius 1 is 1.00 bits per heavy atom. The van der Waals surface area contributed by atoms with Gasteiger partial charge in [-0.25, -0.2) is 8.42 Å². The van der Waals surface area contributed by atoms with Crippen LogP contribution in [0, 0.1) is 11.3 Å². The van der Waals surface area contributed by atoms with Crippen molar-refractivity contribution in [3.8, 4) is 0 Å². The number of aryl methyl sites for hydroxylation is 1. The molecule has 0 saturated carbocycles. The topological polar surface area (TPSA) is 53.5 Å². The van der Waals surface area contributed by atoms with Gasteiger partial charge >= 0.3 is 0 Å². The van der Waals surface area contributed by atoms with E-state index in [0.29, 0.717) is 12.5 Å². The van der Waals surface area contributed by atoms with Crippen LogP contribution in [-0.2, 0) is 22.8 Å². The van der Waals surface area contributed by atoms with Gasteiger partial charge in [-0.15, -0.1) is 0 Å². The van der Waals surface area contributed by atoms with E-state index in [-0.39, 0.29) is 11.2 Å². The molecule has 6 heteroatoms. The Labute approximate surface area is 174 Å². The second-order valence-corrected chi connectivity index (χ2v) is 11.2. The number of aromatic nitrogens is 1. The predicted molar refractivity (Wildman–Crippen MR) is 116 cm³/mol. The first-order chi connectivity index (χ1) is 13.9. The van der Waals surface area contributed by atoms with E-state index in [4.69, 9.17) is 0 Å². The van der Waals surface area contributed by atoms with Gasteiger partial charge in [0.2, 0.25) is 0 Å². The molecule has 2 atom stereocenters. The van der Waals surface area contributed by atoms with E-state index in [1.807, 2.05) is 12.4 Å². The van der Waals surface area contributed by atoms with Crippen molar-refractivity contribution < 1.29 is 8.42 Å². The highest BCUT2D eigenvalue weighted by Gasteiger charge is 2.51. The van der Waals surface area contributed by atoms with Crippen molar-refractivity contribution in [3.05, 3.63) is 66.0 Å². The van der Waals surface area contributed by atoms with E-state index >= 15 is 0 Å². The lowest BCUT2D eigenvalue weighted by molar-refractivity contribution is 0.202. The van der Waals surface area contributed by atoms with E-state index in [2.05, 4.69) is 57.2 Å². The van der Waals surface area contributed by atoms with Gasteiger partial charge in [0.1, 0.15) is 9.84 Å². The van der Waals surface area contributed by atoms with Gasteiger partial charge < -0.3 is 4.90 Å². The van der Waals surface area contributed by atoms with Crippen LogP contribution in [0.1, 0.15) is 17.5 Å². The molecule has 2 aromatic rings. The zero-order valence-corrected chi connectivity index (χ0v) is 18.0. The molecule has 2 aliphatic rings. The van der Waals surface area contributed by atoms with Crippen LogP contribution in [0.15, 0.2) is 54.9 Å². The van der Waals surface area contributed by atoms with E-state index < -0.39 is 9.84 Å². The zero-order valence-electron chi connectivity index (χ0n) is 17.2. The number of benzene rings is 1. The highest BCUT2D eigenvalue weighted by atomic mass is 32.2. The molecule has 0 amide bonds. The molecule has 0 bridgehead atoms. The number of pyridine rings is 1. The van der Waals surface area contributed by atoms with Gasteiger partial charge in [-0.05, 0) is 42.0 Å². The van der Waals surface area contributed by atoms with Crippen LogP contribution in [0.3, 0.4) is 0 Å². The van der Waals surface area contributed by atoms with Crippen molar-refractivity contribution in [2.24, 2.45) is 11.3 Å². The number of hydrogen-bond acceptors (Lipinski definition) is 5. The zero-order chi connectivity index (χ0) is 20.3. The van der Waals surface area contributed by atoms with Crippen LogP contribution in [0.4, 0.5) is 0 Å². The van der Waals surface area contributed by atoms with Gasteiger partial charge in [0.25, 0.3) is 0 Å². The first kappa shape index (κ1) is 20.5. The summed E-state index contributed by atoms with van der Waals surface area (Å²) in [7, 11) is -2.92. The van der Waals surface area contributed by atoms with E-state index in [1.165, 1.54) is 17.4 Å². The Balaban J connectivity index is 1.45. The van der Waals surface area contributed by atoms with Crippen LogP contribution < -0.4 is 0 Å². The Hall–Kier alpha value is -1.76. The molecule has 0 aliphatic carbocycles. The van der Waals surface area contributed by atoms with Crippen LogP contribution in [-0.4, -0.2) is 67.9 Å². The summed E-state index contributed by atoms with van der Waals surface area (Å²) in [5, 5.41) is 0. The third-order valence-electron chi connectivity index (χ3n) is 6.59. The maximum Gasteiger partial charge on any atom is 0.148 e. The molecule has 2 unspecified atom stereocenters. The van der Waals surface area contributed by atoms with Crippen molar-refractivity contribution in [1.82, 2.24) is 14.8 Å². The summed E-state index contributed by atoms with van der Waals surface area (Å²) in [6.45, 7) is 5.82. The summed E-state index contributed by atoms with van der Waals surface area (Å²) < 4.78 is 23.3. The van der Waals surface area contributed by atoms with Crippen molar-refractivity contribution in [1.29, 1.82) is 0 Å². The highest BCUT2D eigenvalue weighted by molar-refractivity contribution is 7.90. The average Bonchev–Trinajstić information content (AvgIpc) is 3.19. The first-order valence-electron chi connectivity index (χ1n) is 10.5. The van der Waals surface area contributed by atoms with E-state index in [9.17, 15) is 8.42 Å². The average molecular weight is 414 g/mol. The second-order valence-electron chi connectivity index (χ2n) is 8.93. The summed E-state index contributed by atoms with van der Waals surface area (Å²) in [6, 6.07) is 14.9. The molecule has 0 radical (unpaired) electrons. The summed E-state index contributed by atoms with van der Waals surface area (Å²) >= 11 is 0. The lowest BCUT2D eigenvalue weighted by atomic mass is 9.76. The molecule has 1 aromatic carbocycles. The number of sulfone groups is 1. The molecule has 29 heavy (non-hydrogen) atoms. The molecule has 0 spiro atoms. The minimum absolute atomic E-state index is 0.250. The highest BCUT2D eigenvalue weighted by Crippen LogP contribution is 2.46. The quantitative estimate of drug-likeness (QED) is 0.666. The minimum Gasteiger partial charge on any atom is -0.301 e. The van der Waals surface area contributed by atoms with Gasteiger partial charge in [-0.2, -0.15) is 0 Å². The number of hydrogen-bond donors (Lipinski definition) is 0. The molecule has 2 fully saturated rings. The molecular weight excluding hydrogens is 382 g/mol. The molecule has 2 saturated heterocycles. The molecule has 156 valence electrons. The van der Waals surface area contributed by atoms with E-state index in [1.54, 1.807) is 0 Å². The lowest BCUT2D eigenvalue weighted by Gasteiger charge is -2.30. The van der Waals surface area contributed by atoms with Crippen LogP contribution in [0.25, 0.3) is 0 Å². The van der Waals surface area contributed by atoms with Crippen LogP contribution in [0.2, 0.25) is 0 Å². The SMILES string of the molecule is CS(=O)(=O)CCN1CC2CN(Cc3ccncc3)CC2(CCc2ccccc2)C1. The second kappa shape index (κ2) is 8.54. The van der Waals surface area contributed by atoms with E-state index in [0.717, 1.165) is 45.6 Å². The Morgan fingerprint density at radius 2 is 1.69 bits per heavy atom. The minimum atomic E-state index is -2.92. The normalized spacial score (nSPS) is 25.3. The Kier molecular flexibility index (Phi) is 6.04. The van der Waals surface area contributed by atoms with Crippen molar-refractivity contribution in [2.75, 3.05) is 44.7 Å². The van der Waals surface area contributed by atoms with Crippen molar-refractivity contribution >= 4 is 9.84 Å². The molecule has 1 aromatic heterocycles. The largest absolute Gasteiger partial charge is 0.301 e. The van der Waals surface area contributed by atoms with Crippen molar-refractivity contribution in [2.45, 2.75) is 19.4 Å². The first-order valence-corrected chi connectivity index (χ1v) is 12.5. The fraction of sp³-hybridized carbons (Fsp3) is 0.522. The maximum atomic E-state index is 11.6. The van der Waals surface area contributed by atoms with Crippen molar-refractivity contribution in [3.63, 3.8) is 0 Å². The third-order valence-corrected chi connectivity index (χ3v) is 7.51. The third kappa shape index (κ3) is 5.24. The number of likely N-dealkylation sites (tertiary alicyclic amines) is 2. The summed E-state index contributed by atoms with van der Waals surface area (Å²) in [6.07, 6.45) is 7.31. The molecule has 5 nitrogen and oxygen atoms in total. The molecule has 0 N–H and O–H groups in total. The van der Waals surface area contributed by atoms with Crippen LogP contribution >= 0.6 is 0 Å².